The van der Waals surface area contributed by atoms with Gasteiger partial charge in [-0.2, -0.15) is 0 Å². The molecule has 0 bridgehead atoms. The summed E-state index contributed by atoms with van der Waals surface area (Å²) in [5, 5.41) is 3.35. The number of imidazole rings is 1. The van der Waals surface area contributed by atoms with Crippen molar-refractivity contribution < 1.29 is 4.39 Å². The largest absolute Gasteiger partial charge is 0.356 e. The Morgan fingerprint density at radius 1 is 1.32 bits per heavy atom. The average molecular weight is 261 g/mol. The maximum Gasteiger partial charge on any atom is 0.201 e. The van der Waals surface area contributed by atoms with E-state index in [0.29, 0.717) is 0 Å². The monoisotopic (exact) mass is 261 g/mol. The molecule has 1 aromatic carbocycles. The van der Waals surface area contributed by atoms with E-state index in [1.54, 1.807) is 6.07 Å². The van der Waals surface area contributed by atoms with Crippen molar-refractivity contribution in [3.63, 3.8) is 0 Å². The predicted molar refractivity (Wildman–Crippen MR) is 75.7 cm³/mol. The number of aromatic nitrogens is 2. The molecule has 0 saturated heterocycles. The van der Waals surface area contributed by atoms with Crippen LogP contribution in [0.3, 0.4) is 0 Å². The van der Waals surface area contributed by atoms with Crippen LogP contribution in [0.5, 0.6) is 0 Å². The zero-order chi connectivity index (χ0) is 13.2. The number of H-pyrrole nitrogens is 1. The zero-order valence-corrected chi connectivity index (χ0v) is 11.2. The minimum absolute atomic E-state index is 0.232. The molecule has 3 nitrogen and oxygen atoms in total. The number of fused-ring (bicyclic) bond motifs is 1. The molecule has 2 aromatic rings. The zero-order valence-electron chi connectivity index (χ0n) is 11.2. The molecule has 1 fully saturated rings. The standard InChI is InChI=1S/C15H20FN3/c1-10-2-4-11(5-3-10)9-17-15-18-13-7-6-12(16)8-14(13)19-15/h6-8,10-11H,2-5,9H2,1H3,(H2,17,18,19). The van der Waals surface area contributed by atoms with E-state index < -0.39 is 0 Å². The molecule has 0 radical (unpaired) electrons. The second-order valence-corrected chi connectivity index (χ2v) is 5.75. The molecule has 1 heterocycles. The van der Waals surface area contributed by atoms with Crippen molar-refractivity contribution >= 4 is 17.0 Å². The van der Waals surface area contributed by atoms with Crippen molar-refractivity contribution in [1.29, 1.82) is 0 Å². The molecule has 0 atom stereocenters. The predicted octanol–water partition coefficient (Wildman–Crippen LogP) is 3.94. The Labute approximate surface area is 112 Å². The molecular formula is C15H20FN3. The summed E-state index contributed by atoms with van der Waals surface area (Å²) in [7, 11) is 0. The summed E-state index contributed by atoms with van der Waals surface area (Å²) < 4.78 is 13.1. The van der Waals surface area contributed by atoms with Gasteiger partial charge in [-0.25, -0.2) is 9.37 Å². The van der Waals surface area contributed by atoms with Crippen molar-refractivity contribution in [1.82, 2.24) is 9.97 Å². The van der Waals surface area contributed by atoms with Gasteiger partial charge in [-0.1, -0.05) is 19.8 Å². The van der Waals surface area contributed by atoms with Crippen LogP contribution < -0.4 is 5.32 Å². The molecule has 2 N–H and O–H groups in total. The highest BCUT2D eigenvalue weighted by atomic mass is 19.1. The number of halogens is 1. The third kappa shape index (κ3) is 2.88. The van der Waals surface area contributed by atoms with E-state index in [1.165, 1.54) is 37.8 Å². The quantitative estimate of drug-likeness (QED) is 0.878. The molecule has 1 aliphatic rings. The highest BCUT2D eigenvalue weighted by molar-refractivity contribution is 5.77. The first-order chi connectivity index (χ1) is 9.20. The van der Waals surface area contributed by atoms with Gasteiger partial charge in [0.05, 0.1) is 11.0 Å². The van der Waals surface area contributed by atoms with E-state index in [4.69, 9.17) is 0 Å². The number of hydrogen-bond acceptors (Lipinski definition) is 2. The van der Waals surface area contributed by atoms with Crippen molar-refractivity contribution in [3.8, 4) is 0 Å². The van der Waals surface area contributed by atoms with E-state index in [9.17, 15) is 4.39 Å². The van der Waals surface area contributed by atoms with Gasteiger partial charge in [0.25, 0.3) is 0 Å². The van der Waals surface area contributed by atoms with Gasteiger partial charge in [-0.3, -0.25) is 0 Å². The highest BCUT2D eigenvalue weighted by Crippen LogP contribution is 2.28. The molecule has 4 heteroatoms. The van der Waals surface area contributed by atoms with Crippen LogP contribution in [-0.2, 0) is 0 Å². The number of anilines is 1. The third-order valence-electron chi connectivity index (χ3n) is 4.14. The van der Waals surface area contributed by atoms with E-state index in [2.05, 4.69) is 22.2 Å². The normalized spacial score (nSPS) is 23.7. The number of nitrogens with one attached hydrogen (secondary N) is 2. The lowest BCUT2D eigenvalue weighted by Crippen LogP contribution is -2.20. The van der Waals surface area contributed by atoms with E-state index in [1.807, 2.05) is 0 Å². The molecular weight excluding hydrogens is 241 g/mol. The number of benzene rings is 1. The minimum atomic E-state index is -0.232. The smallest absolute Gasteiger partial charge is 0.201 e. The lowest BCUT2D eigenvalue weighted by atomic mass is 9.83. The number of hydrogen-bond donors (Lipinski definition) is 2. The Bertz CT molecular complexity index is 556. The lowest BCUT2D eigenvalue weighted by Gasteiger charge is -2.26. The highest BCUT2D eigenvalue weighted by Gasteiger charge is 2.18. The van der Waals surface area contributed by atoms with Gasteiger partial charge in [0, 0.05) is 6.54 Å². The van der Waals surface area contributed by atoms with E-state index in [-0.39, 0.29) is 5.82 Å². The van der Waals surface area contributed by atoms with Crippen LogP contribution in [0.1, 0.15) is 32.6 Å². The molecule has 0 spiro atoms. The van der Waals surface area contributed by atoms with Crippen LogP contribution in [0.2, 0.25) is 0 Å². The number of nitrogens with zero attached hydrogens (tertiary/aromatic N) is 1. The first-order valence-corrected chi connectivity index (χ1v) is 7.10. The second-order valence-electron chi connectivity index (χ2n) is 5.75. The van der Waals surface area contributed by atoms with Crippen molar-refractivity contribution in [2.75, 3.05) is 11.9 Å². The Kier molecular flexibility index (Phi) is 3.40. The summed E-state index contributed by atoms with van der Waals surface area (Å²) in [5.41, 5.74) is 1.56. The number of aromatic amines is 1. The number of rotatable bonds is 3. The fourth-order valence-corrected chi connectivity index (χ4v) is 2.84. The summed E-state index contributed by atoms with van der Waals surface area (Å²) in [4.78, 5) is 7.54. The molecule has 0 amide bonds. The summed E-state index contributed by atoms with van der Waals surface area (Å²) >= 11 is 0. The molecule has 1 aliphatic carbocycles. The fraction of sp³-hybridized carbons (Fsp3) is 0.533. The minimum Gasteiger partial charge on any atom is -0.356 e. The third-order valence-corrected chi connectivity index (χ3v) is 4.14. The molecule has 1 saturated carbocycles. The van der Waals surface area contributed by atoms with Crippen LogP contribution >= 0.6 is 0 Å². The van der Waals surface area contributed by atoms with Gasteiger partial charge >= 0.3 is 0 Å². The van der Waals surface area contributed by atoms with Crippen LogP contribution in [0, 0.1) is 17.7 Å². The van der Waals surface area contributed by atoms with E-state index >= 15 is 0 Å². The maximum atomic E-state index is 13.1. The Balaban J connectivity index is 1.62. The van der Waals surface area contributed by atoms with E-state index in [0.717, 1.165) is 35.4 Å². The second kappa shape index (κ2) is 5.19. The van der Waals surface area contributed by atoms with Crippen molar-refractivity contribution in [3.05, 3.63) is 24.0 Å². The molecule has 1 aromatic heterocycles. The van der Waals surface area contributed by atoms with Crippen LogP contribution in [0.15, 0.2) is 18.2 Å². The SMILES string of the molecule is CC1CCC(CNc2nc3ccc(F)cc3[nH]2)CC1. The topological polar surface area (TPSA) is 40.7 Å². The van der Waals surface area contributed by atoms with Gasteiger partial charge in [-0.15, -0.1) is 0 Å². The molecule has 19 heavy (non-hydrogen) atoms. The average Bonchev–Trinajstić information content (AvgIpc) is 2.80. The Hall–Kier alpha value is -1.58. The van der Waals surface area contributed by atoms with Gasteiger partial charge in [0.2, 0.25) is 5.95 Å². The summed E-state index contributed by atoms with van der Waals surface area (Å²) in [6.07, 6.45) is 5.25. The van der Waals surface area contributed by atoms with Crippen LogP contribution in [0.4, 0.5) is 10.3 Å². The first-order valence-electron chi connectivity index (χ1n) is 7.10. The molecule has 0 aliphatic heterocycles. The summed E-state index contributed by atoms with van der Waals surface area (Å²) in [6.45, 7) is 3.28. The van der Waals surface area contributed by atoms with Crippen LogP contribution in [0.25, 0.3) is 11.0 Å². The van der Waals surface area contributed by atoms with Gasteiger partial charge in [-0.05, 0) is 42.9 Å². The maximum absolute atomic E-state index is 13.1. The Morgan fingerprint density at radius 3 is 2.89 bits per heavy atom. The van der Waals surface area contributed by atoms with Crippen molar-refractivity contribution in [2.24, 2.45) is 11.8 Å². The van der Waals surface area contributed by atoms with Gasteiger partial charge in [0.15, 0.2) is 0 Å². The first kappa shape index (κ1) is 12.5. The lowest BCUT2D eigenvalue weighted by molar-refractivity contribution is 0.300. The summed E-state index contributed by atoms with van der Waals surface area (Å²) in [6, 6.07) is 4.62. The molecule has 0 unspecified atom stereocenters. The summed E-state index contributed by atoms with van der Waals surface area (Å²) in [5.74, 6) is 2.13. The van der Waals surface area contributed by atoms with Gasteiger partial charge in [0.1, 0.15) is 5.82 Å². The molecule has 3 rings (SSSR count). The van der Waals surface area contributed by atoms with Crippen molar-refractivity contribution in [2.45, 2.75) is 32.6 Å². The van der Waals surface area contributed by atoms with Crippen LogP contribution in [-0.4, -0.2) is 16.5 Å². The van der Waals surface area contributed by atoms with Gasteiger partial charge < -0.3 is 10.3 Å². The fourth-order valence-electron chi connectivity index (χ4n) is 2.84. The Morgan fingerprint density at radius 2 is 2.11 bits per heavy atom. The molecule has 102 valence electrons.